The molecule has 0 bridgehead atoms. The van der Waals surface area contributed by atoms with Gasteiger partial charge in [-0.25, -0.2) is 4.39 Å². The maximum Gasteiger partial charge on any atom is 0.193 e. The van der Waals surface area contributed by atoms with Crippen molar-refractivity contribution in [2.45, 2.75) is 26.3 Å². The standard InChI is InChI=1S/C19H25FN4O/c1-4-5-11-24(3)19(21-2)23-13-15-8-9-18(17(20)12-15)25-16-7-6-10-22-14-16/h6-10,12,14H,4-5,11,13H2,1-3H3,(H,21,23). The first-order valence-electron chi connectivity index (χ1n) is 8.42. The smallest absolute Gasteiger partial charge is 0.193 e. The molecule has 1 heterocycles. The van der Waals surface area contributed by atoms with E-state index in [0.29, 0.717) is 12.3 Å². The lowest BCUT2D eigenvalue weighted by Crippen LogP contribution is -2.38. The fraction of sp³-hybridized carbons (Fsp3) is 0.368. The molecule has 0 fully saturated rings. The molecule has 0 radical (unpaired) electrons. The third-order valence-electron chi connectivity index (χ3n) is 3.73. The molecule has 1 aromatic heterocycles. The number of pyridine rings is 1. The number of benzene rings is 1. The topological polar surface area (TPSA) is 49.8 Å². The Morgan fingerprint density at radius 3 is 2.84 bits per heavy atom. The summed E-state index contributed by atoms with van der Waals surface area (Å²) < 4.78 is 19.8. The summed E-state index contributed by atoms with van der Waals surface area (Å²) >= 11 is 0. The first-order chi connectivity index (χ1) is 12.1. The van der Waals surface area contributed by atoms with Crippen LogP contribution in [0.3, 0.4) is 0 Å². The fourth-order valence-electron chi connectivity index (χ4n) is 2.34. The number of ether oxygens (including phenoxy) is 1. The monoisotopic (exact) mass is 344 g/mol. The summed E-state index contributed by atoms with van der Waals surface area (Å²) in [6.45, 7) is 3.58. The molecule has 0 aliphatic heterocycles. The molecule has 2 aromatic rings. The quantitative estimate of drug-likeness (QED) is 0.613. The Morgan fingerprint density at radius 1 is 1.36 bits per heavy atom. The molecule has 0 unspecified atom stereocenters. The summed E-state index contributed by atoms with van der Waals surface area (Å²) in [5, 5.41) is 3.25. The lowest BCUT2D eigenvalue weighted by Gasteiger charge is -2.22. The van der Waals surface area contributed by atoms with Gasteiger partial charge in [0, 0.05) is 33.4 Å². The number of guanidine groups is 1. The Hall–Kier alpha value is -2.63. The lowest BCUT2D eigenvalue weighted by molar-refractivity contribution is 0.439. The van der Waals surface area contributed by atoms with Gasteiger partial charge in [0.25, 0.3) is 0 Å². The van der Waals surface area contributed by atoms with Gasteiger partial charge < -0.3 is 15.0 Å². The second kappa shape index (κ2) is 9.61. The number of aliphatic imine (C=N–C) groups is 1. The van der Waals surface area contributed by atoms with E-state index in [4.69, 9.17) is 4.74 Å². The highest BCUT2D eigenvalue weighted by molar-refractivity contribution is 5.79. The SMILES string of the molecule is CCCCN(C)C(=NC)NCc1ccc(Oc2cccnc2)c(F)c1. The van der Waals surface area contributed by atoms with Gasteiger partial charge in [0.1, 0.15) is 5.75 Å². The van der Waals surface area contributed by atoms with E-state index in [1.54, 1.807) is 37.6 Å². The van der Waals surface area contributed by atoms with Crippen LogP contribution < -0.4 is 10.1 Å². The van der Waals surface area contributed by atoms with Gasteiger partial charge in [-0.05, 0) is 36.2 Å². The largest absolute Gasteiger partial charge is 0.453 e. The van der Waals surface area contributed by atoms with Crippen LogP contribution in [0, 0.1) is 5.82 Å². The zero-order valence-corrected chi connectivity index (χ0v) is 15.0. The molecule has 134 valence electrons. The molecule has 6 heteroatoms. The molecule has 0 aliphatic carbocycles. The first-order valence-corrected chi connectivity index (χ1v) is 8.42. The van der Waals surface area contributed by atoms with Crippen molar-refractivity contribution in [2.24, 2.45) is 4.99 Å². The Labute approximate surface area is 148 Å². The van der Waals surface area contributed by atoms with Crippen LogP contribution in [0.15, 0.2) is 47.7 Å². The summed E-state index contributed by atoms with van der Waals surface area (Å²) in [6.07, 6.45) is 5.42. The number of hydrogen-bond acceptors (Lipinski definition) is 3. The van der Waals surface area contributed by atoms with Gasteiger partial charge in [0.2, 0.25) is 0 Å². The second-order valence-corrected chi connectivity index (χ2v) is 5.73. The molecule has 0 atom stereocenters. The molecule has 0 saturated carbocycles. The summed E-state index contributed by atoms with van der Waals surface area (Å²) in [6, 6.07) is 8.41. The molecule has 0 saturated heterocycles. The minimum atomic E-state index is -0.405. The van der Waals surface area contributed by atoms with Crippen LogP contribution in [0.5, 0.6) is 11.5 Å². The summed E-state index contributed by atoms with van der Waals surface area (Å²) in [5.74, 6) is 1.08. The lowest BCUT2D eigenvalue weighted by atomic mass is 10.2. The Morgan fingerprint density at radius 2 is 2.20 bits per heavy atom. The number of unbranched alkanes of at least 4 members (excludes halogenated alkanes) is 1. The normalized spacial score (nSPS) is 11.3. The summed E-state index contributed by atoms with van der Waals surface area (Å²) in [4.78, 5) is 10.3. The predicted molar refractivity (Wildman–Crippen MR) is 98.4 cm³/mol. The summed E-state index contributed by atoms with van der Waals surface area (Å²) in [7, 11) is 3.74. The molecule has 5 nitrogen and oxygen atoms in total. The van der Waals surface area contributed by atoms with Crippen LogP contribution >= 0.6 is 0 Å². The number of nitrogens with zero attached hydrogens (tertiary/aromatic N) is 3. The molecular weight excluding hydrogens is 319 g/mol. The van der Waals surface area contributed by atoms with Crippen molar-refractivity contribution in [1.29, 1.82) is 0 Å². The number of halogens is 1. The highest BCUT2D eigenvalue weighted by Gasteiger charge is 2.08. The van der Waals surface area contributed by atoms with E-state index in [2.05, 4.69) is 27.1 Å². The van der Waals surface area contributed by atoms with E-state index in [9.17, 15) is 4.39 Å². The molecule has 0 amide bonds. The average Bonchev–Trinajstić information content (AvgIpc) is 2.63. The van der Waals surface area contributed by atoms with Crippen molar-refractivity contribution in [3.05, 3.63) is 54.1 Å². The van der Waals surface area contributed by atoms with E-state index in [1.165, 1.54) is 6.07 Å². The number of nitrogens with one attached hydrogen (secondary N) is 1. The fourth-order valence-corrected chi connectivity index (χ4v) is 2.34. The van der Waals surface area contributed by atoms with Crippen molar-refractivity contribution in [1.82, 2.24) is 15.2 Å². The molecule has 25 heavy (non-hydrogen) atoms. The van der Waals surface area contributed by atoms with E-state index in [-0.39, 0.29) is 5.75 Å². The number of hydrogen-bond donors (Lipinski definition) is 1. The Balaban J connectivity index is 1.96. The van der Waals surface area contributed by atoms with Crippen LogP contribution in [0.2, 0.25) is 0 Å². The highest BCUT2D eigenvalue weighted by Crippen LogP contribution is 2.24. The van der Waals surface area contributed by atoms with Gasteiger partial charge in [-0.15, -0.1) is 0 Å². The third kappa shape index (κ3) is 5.74. The Kier molecular flexibility index (Phi) is 7.19. The molecule has 0 aliphatic rings. The predicted octanol–water partition coefficient (Wildman–Crippen LogP) is 3.82. The van der Waals surface area contributed by atoms with Gasteiger partial charge in [0.05, 0.1) is 6.20 Å². The second-order valence-electron chi connectivity index (χ2n) is 5.73. The van der Waals surface area contributed by atoms with Crippen molar-refractivity contribution in [2.75, 3.05) is 20.6 Å². The average molecular weight is 344 g/mol. The number of aromatic nitrogens is 1. The van der Waals surface area contributed by atoms with Crippen LogP contribution in [-0.4, -0.2) is 36.5 Å². The van der Waals surface area contributed by atoms with E-state index in [0.717, 1.165) is 30.9 Å². The maximum absolute atomic E-state index is 14.3. The molecule has 1 aromatic carbocycles. The van der Waals surface area contributed by atoms with Gasteiger partial charge in [-0.3, -0.25) is 9.98 Å². The van der Waals surface area contributed by atoms with Crippen LogP contribution in [0.1, 0.15) is 25.3 Å². The maximum atomic E-state index is 14.3. The van der Waals surface area contributed by atoms with Crippen LogP contribution in [-0.2, 0) is 6.54 Å². The van der Waals surface area contributed by atoms with E-state index < -0.39 is 5.82 Å². The molecule has 2 rings (SSSR count). The Bertz CT molecular complexity index is 691. The van der Waals surface area contributed by atoms with Gasteiger partial charge in [-0.2, -0.15) is 0 Å². The highest BCUT2D eigenvalue weighted by atomic mass is 19.1. The van der Waals surface area contributed by atoms with E-state index >= 15 is 0 Å². The number of rotatable bonds is 7. The molecule has 0 spiro atoms. The molecular formula is C19H25FN4O. The third-order valence-corrected chi connectivity index (χ3v) is 3.73. The van der Waals surface area contributed by atoms with Crippen molar-refractivity contribution >= 4 is 5.96 Å². The van der Waals surface area contributed by atoms with Crippen LogP contribution in [0.4, 0.5) is 4.39 Å². The van der Waals surface area contributed by atoms with Crippen molar-refractivity contribution in [3.8, 4) is 11.5 Å². The van der Waals surface area contributed by atoms with Gasteiger partial charge in [-0.1, -0.05) is 19.4 Å². The van der Waals surface area contributed by atoms with E-state index in [1.807, 2.05) is 13.1 Å². The van der Waals surface area contributed by atoms with Gasteiger partial charge in [0.15, 0.2) is 17.5 Å². The zero-order chi connectivity index (χ0) is 18.1. The minimum Gasteiger partial charge on any atom is -0.453 e. The zero-order valence-electron chi connectivity index (χ0n) is 15.0. The van der Waals surface area contributed by atoms with Crippen LogP contribution in [0.25, 0.3) is 0 Å². The molecule has 1 N–H and O–H groups in total. The van der Waals surface area contributed by atoms with Crippen molar-refractivity contribution < 1.29 is 9.13 Å². The minimum absolute atomic E-state index is 0.182. The summed E-state index contributed by atoms with van der Waals surface area (Å²) in [5.41, 5.74) is 0.820. The van der Waals surface area contributed by atoms with Gasteiger partial charge >= 0.3 is 0 Å². The van der Waals surface area contributed by atoms with Crippen molar-refractivity contribution in [3.63, 3.8) is 0 Å². The first kappa shape index (κ1) is 18.7.